The van der Waals surface area contributed by atoms with Crippen LogP contribution in [-0.4, -0.2) is 30.6 Å². The number of methoxy groups -OCH3 is 1. The maximum absolute atomic E-state index is 12.7. The smallest absolute Gasteiger partial charge is 0.307 e. The van der Waals surface area contributed by atoms with E-state index in [1.807, 2.05) is 36.6 Å². The standard InChI is InChI=1S/C23H23ClN2O4S/c1-3-30-20-11-7-5-9-17(20)23-25-15(14-31-23)12-21(27)26-19(13-22(28)29-2)16-8-4-6-10-18(16)24/h4-11,14,19H,3,12-13H2,1-2H3,(H,26,27). The second-order valence-electron chi connectivity index (χ2n) is 6.67. The highest BCUT2D eigenvalue weighted by atomic mass is 35.5. The summed E-state index contributed by atoms with van der Waals surface area (Å²) < 4.78 is 10.4. The minimum atomic E-state index is -0.592. The van der Waals surface area contributed by atoms with Gasteiger partial charge in [-0.2, -0.15) is 0 Å². The second kappa shape index (κ2) is 10.9. The average molecular weight is 459 g/mol. The highest BCUT2D eigenvalue weighted by Gasteiger charge is 2.22. The van der Waals surface area contributed by atoms with Gasteiger partial charge in [0.25, 0.3) is 0 Å². The Labute approximate surface area is 190 Å². The third-order valence-corrected chi connectivity index (χ3v) is 5.79. The number of nitrogens with zero attached hydrogens (tertiary/aromatic N) is 1. The lowest BCUT2D eigenvalue weighted by atomic mass is 10.0. The van der Waals surface area contributed by atoms with Crippen LogP contribution in [0, 0.1) is 0 Å². The summed E-state index contributed by atoms with van der Waals surface area (Å²) in [6.07, 6.45) is 0.0610. The van der Waals surface area contributed by atoms with Crippen molar-refractivity contribution in [3.63, 3.8) is 0 Å². The van der Waals surface area contributed by atoms with Gasteiger partial charge in [0, 0.05) is 10.4 Å². The summed E-state index contributed by atoms with van der Waals surface area (Å²) in [5.74, 6) is 0.0599. The van der Waals surface area contributed by atoms with E-state index in [0.29, 0.717) is 22.9 Å². The number of ether oxygens (including phenoxy) is 2. The van der Waals surface area contributed by atoms with Gasteiger partial charge in [0.1, 0.15) is 10.8 Å². The molecule has 0 aliphatic carbocycles. The van der Waals surface area contributed by atoms with Gasteiger partial charge in [-0.25, -0.2) is 4.98 Å². The lowest BCUT2D eigenvalue weighted by Crippen LogP contribution is -2.31. The number of hydrogen-bond donors (Lipinski definition) is 1. The number of thiazole rings is 1. The highest BCUT2D eigenvalue weighted by Crippen LogP contribution is 2.32. The molecule has 0 aliphatic rings. The highest BCUT2D eigenvalue weighted by molar-refractivity contribution is 7.13. The third kappa shape index (κ3) is 6.06. The Balaban J connectivity index is 1.73. The van der Waals surface area contributed by atoms with Crippen LogP contribution in [0.4, 0.5) is 0 Å². The molecule has 3 aromatic rings. The first-order chi connectivity index (χ1) is 15.0. The van der Waals surface area contributed by atoms with Crippen LogP contribution in [0.15, 0.2) is 53.9 Å². The van der Waals surface area contributed by atoms with Crippen LogP contribution in [0.25, 0.3) is 10.6 Å². The molecule has 6 nitrogen and oxygen atoms in total. The SMILES string of the molecule is CCOc1ccccc1-c1nc(CC(=O)NC(CC(=O)OC)c2ccccc2Cl)cs1. The van der Waals surface area contributed by atoms with Gasteiger partial charge in [0.15, 0.2) is 0 Å². The molecular weight excluding hydrogens is 436 g/mol. The van der Waals surface area contributed by atoms with E-state index < -0.39 is 12.0 Å². The molecule has 3 rings (SSSR count). The summed E-state index contributed by atoms with van der Waals surface area (Å²) in [4.78, 5) is 29.2. The van der Waals surface area contributed by atoms with Crippen LogP contribution in [0.3, 0.4) is 0 Å². The van der Waals surface area contributed by atoms with Crippen LogP contribution < -0.4 is 10.1 Å². The average Bonchev–Trinajstić information content (AvgIpc) is 3.22. The van der Waals surface area contributed by atoms with E-state index in [1.165, 1.54) is 18.4 Å². The number of esters is 1. The monoisotopic (exact) mass is 458 g/mol. The zero-order valence-electron chi connectivity index (χ0n) is 17.3. The van der Waals surface area contributed by atoms with Crippen LogP contribution in [-0.2, 0) is 20.7 Å². The quantitative estimate of drug-likeness (QED) is 0.465. The van der Waals surface area contributed by atoms with Gasteiger partial charge in [-0.15, -0.1) is 11.3 Å². The fourth-order valence-electron chi connectivity index (χ4n) is 3.09. The number of rotatable bonds is 9. The summed E-state index contributed by atoms with van der Waals surface area (Å²) in [7, 11) is 1.31. The van der Waals surface area contributed by atoms with E-state index in [0.717, 1.165) is 16.3 Å². The van der Waals surface area contributed by atoms with Crippen LogP contribution in [0.2, 0.25) is 5.02 Å². The summed E-state index contributed by atoms with van der Waals surface area (Å²) in [5.41, 5.74) is 2.19. The fraction of sp³-hybridized carbons (Fsp3) is 0.261. The number of halogens is 1. The van der Waals surface area contributed by atoms with E-state index >= 15 is 0 Å². The molecule has 1 atom stereocenters. The first-order valence-electron chi connectivity index (χ1n) is 9.79. The summed E-state index contributed by atoms with van der Waals surface area (Å²) in [5, 5.41) is 5.99. The maximum Gasteiger partial charge on any atom is 0.307 e. The lowest BCUT2D eigenvalue weighted by Gasteiger charge is -2.19. The molecule has 0 spiro atoms. The summed E-state index contributed by atoms with van der Waals surface area (Å²) >= 11 is 7.73. The van der Waals surface area contributed by atoms with E-state index in [1.54, 1.807) is 24.3 Å². The predicted molar refractivity (Wildman–Crippen MR) is 121 cm³/mol. The van der Waals surface area contributed by atoms with Gasteiger partial charge in [-0.3, -0.25) is 9.59 Å². The largest absolute Gasteiger partial charge is 0.493 e. The molecule has 1 aromatic heterocycles. The number of para-hydroxylation sites is 1. The molecule has 0 radical (unpaired) electrons. The molecule has 2 aromatic carbocycles. The molecule has 0 saturated carbocycles. The maximum atomic E-state index is 12.7. The number of hydrogen-bond acceptors (Lipinski definition) is 6. The van der Waals surface area contributed by atoms with Gasteiger partial charge < -0.3 is 14.8 Å². The van der Waals surface area contributed by atoms with Crippen molar-refractivity contribution < 1.29 is 19.1 Å². The first kappa shape index (κ1) is 22.8. The molecule has 0 bridgehead atoms. The number of carbonyl (C=O) groups excluding carboxylic acids is 2. The Morgan fingerprint density at radius 2 is 1.90 bits per heavy atom. The van der Waals surface area contributed by atoms with E-state index in [9.17, 15) is 9.59 Å². The number of benzene rings is 2. The molecule has 0 saturated heterocycles. The van der Waals surface area contributed by atoms with Crippen molar-refractivity contribution in [2.75, 3.05) is 13.7 Å². The second-order valence-corrected chi connectivity index (χ2v) is 7.94. The van der Waals surface area contributed by atoms with E-state index in [2.05, 4.69) is 10.3 Å². The van der Waals surface area contributed by atoms with Gasteiger partial charge >= 0.3 is 5.97 Å². The topological polar surface area (TPSA) is 77.5 Å². The Morgan fingerprint density at radius 1 is 1.16 bits per heavy atom. The number of carbonyl (C=O) groups is 2. The van der Waals surface area contributed by atoms with Crippen molar-refractivity contribution in [1.82, 2.24) is 10.3 Å². The van der Waals surface area contributed by atoms with Crippen molar-refractivity contribution >= 4 is 34.8 Å². The number of amides is 1. The molecule has 31 heavy (non-hydrogen) atoms. The molecule has 1 heterocycles. The first-order valence-corrected chi connectivity index (χ1v) is 11.0. The molecule has 0 fully saturated rings. The minimum Gasteiger partial charge on any atom is -0.493 e. The van der Waals surface area contributed by atoms with Crippen molar-refractivity contribution in [2.24, 2.45) is 0 Å². The van der Waals surface area contributed by atoms with Gasteiger partial charge in [-0.05, 0) is 30.7 Å². The van der Waals surface area contributed by atoms with Crippen LogP contribution in [0.5, 0.6) is 5.75 Å². The summed E-state index contributed by atoms with van der Waals surface area (Å²) in [6, 6.07) is 14.2. The van der Waals surface area contributed by atoms with Crippen molar-refractivity contribution in [3.05, 3.63) is 70.2 Å². The summed E-state index contributed by atoms with van der Waals surface area (Å²) in [6.45, 7) is 2.49. The number of nitrogens with one attached hydrogen (secondary N) is 1. The molecule has 0 aliphatic heterocycles. The minimum absolute atomic E-state index is 0.0178. The van der Waals surface area contributed by atoms with Crippen molar-refractivity contribution in [2.45, 2.75) is 25.8 Å². The fourth-order valence-corrected chi connectivity index (χ4v) is 4.21. The molecule has 1 unspecified atom stereocenters. The van der Waals surface area contributed by atoms with Crippen LogP contribution >= 0.6 is 22.9 Å². The van der Waals surface area contributed by atoms with Crippen molar-refractivity contribution in [3.8, 4) is 16.3 Å². The lowest BCUT2D eigenvalue weighted by molar-refractivity contribution is -0.141. The number of aromatic nitrogens is 1. The van der Waals surface area contributed by atoms with Gasteiger partial charge in [-0.1, -0.05) is 41.9 Å². The predicted octanol–water partition coefficient (Wildman–Crippen LogP) is 4.83. The Kier molecular flexibility index (Phi) is 8.03. The molecule has 8 heteroatoms. The molecular formula is C23H23ClN2O4S. The van der Waals surface area contributed by atoms with Crippen LogP contribution in [0.1, 0.15) is 30.6 Å². The Bertz CT molecular complexity index is 1050. The zero-order valence-corrected chi connectivity index (χ0v) is 18.8. The van der Waals surface area contributed by atoms with Gasteiger partial charge in [0.2, 0.25) is 5.91 Å². The van der Waals surface area contributed by atoms with E-state index in [-0.39, 0.29) is 18.7 Å². The molecule has 162 valence electrons. The van der Waals surface area contributed by atoms with Gasteiger partial charge in [0.05, 0.1) is 43.9 Å². The molecule has 1 amide bonds. The Morgan fingerprint density at radius 3 is 2.65 bits per heavy atom. The molecule has 1 N–H and O–H groups in total. The third-order valence-electron chi connectivity index (χ3n) is 4.53. The normalized spacial score (nSPS) is 11.6. The van der Waals surface area contributed by atoms with Crippen molar-refractivity contribution in [1.29, 1.82) is 0 Å². The zero-order chi connectivity index (χ0) is 22.2. The van der Waals surface area contributed by atoms with E-state index in [4.69, 9.17) is 21.1 Å². The Hall–Kier alpha value is -2.90.